The second kappa shape index (κ2) is 4.95. The second-order valence-electron chi connectivity index (χ2n) is 3.78. The Bertz CT molecular complexity index is 361. The molecule has 0 aromatic heterocycles. The number of hydrogen-bond acceptors (Lipinski definition) is 1. The van der Waals surface area contributed by atoms with Gasteiger partial charge in [-0.1, -0.05) is 25.4 Å². The van der Waals surface area contributed by atoms with Crippen molar-refractivity contribution < 1.29 is 17.9 Å². The molecule has 1 aromatic carbocycles. The molecule has 0 spiro atoms. The third-order valence-corrected chi connectivity index (χ3v) is 2.18. The van der Waals surface area contributed by atoms with Crippen molar-refractivity contribution in [3.8, 4) is 5.75 Å². The zero-order valence-electron chi connectivity index (χ0n) is 8.94. The fourth-order valence-corrected chi connectivity index (χ4v) is 1.40. The summed E-state index contributed by atoms with van der Waals surface area (Å²) in [5.74, 6) is 0.334. The van der Waals surface area contributed by atoms with Gasteiger partial charge in [0.15, 0.2) is 6.61 Å². The third-order valence-electron chi connectivity index (χ3n) is 1.96. The van der Waals surface area contributed by atoms with Crippen molar-refractivity contribution >= 4 is 11.6 Å². The van der Waals surface area contributed by atoms with E-state index in [1.807, 2.05) is 13.8 Å². The van der Waals surface area contributed by atoms with Crippen LogP contribution in [-0.4, -0.2) is 12.8 Å². The van der Waals surface area contributed by atoms with Gasteiger partial charge in [0, 0.05) is 5.02 Å². The van der Waals surface area contributed by atoms with Gasteiger partial charge in [0.2, 0.25) is 0 Å². The van der Waals surface area contributed by atoms with E-state index in [9.17, 15) is 13.2 Å². The predicted molar refractivity (Wildman–Crippen MR) is 57.1 cm³/mol. The topological polar surface area (TPSA) is 9.23 Å². The van der Waals surface area contributed by atoms with Gasteiger partial charge in [-0.3, -0.25) is 0 Å². The van der Waals surface area contributed by atoms with Crippen LogP contribution < -0.4 is 4.74 Å². The molecule has 16 heavy (non-hydrogen) atoms. The summed E-state index contributed by atoms with van der Waals surface area (Å²) < 4.78 is 40.5. The Labute approximate surface area is 97.2 Å². The Hall–Kier alpha value is -0.900. The normalized spacial score (nSPS) is 11.9. The molecule has 0 saturated heterocycles. The highest BCUT2D eigenvalue weighted by molar-refractivity contribution is 6.30. The van der Waals surface area contributed by atoms with Crippen molar-refractivity contribution in [1.29, 1.82) is 0 Å². The largest absolute Gasteiger partial charge is 0.484 e. The van der Waals surface area contributed by atoms with Crippen molar-refractivity contribution in [1.82, 2.24) is 0 Å². The first-order chi connectivity index (χ1) is 7.28. The molecule has 0 N–H and O–H groups in total. The van der Waals surface area contributed by atoms with Crippen LogP contribution in [0.1, 0.15) is 25.3 Å². The van der Waals surface area contributed by atoms with Gasteiger partial charge in [-0.25, -0.2) is 0 Å². The lowest BCUT2D eigenvalue weighted by Crippen LogP contribution is -2.19. The number of hydrogen-bond donors (Lipinski definition) is 0. The van der Waals surface area contributed by atoms with E-state index in [-0.39, 0.29) is 11.7 Å². The maximum atomic E-state index is 11.9. The first-order valence-electron chi connectivity index (χ1n) is 4.78. The zero-order valence-corrected chi connectivity index (χ0v) is 9.69. The molecule has 0 atom stereocenters. The van der Waals surface area contributed by atoms with E-state index in [4.69, 9.17) is 11.6 Å². The quantitative estimate of drug-likeness (QED) is 0.775. The monoisotopic (exact) mass is 252 g/mol. The predicted octanol–water partition coefficient (Wildman–Crippen LogP) is 4.40. The van der Waals surface area contributed by atoms with Crippen molar-refractivity contribution in [2.45, 2.75) is 25.9 Å². The summed E-state index contributed by atoms with van der Waals surface area (Å²) in [4.78, 5) is 0. The molecule has 0 aliphatic heterocycles. The van der Waals surface area contributed by atoms with Gasteiger partial charge in [-0.05, 0) is 29.7 Å². The molecule has 0 bridgehead atoms. The number of benzene rings is 1. The highest BCUT2D eigenvalue weighted by atomic mass is 35.5. The summed E-state index contributed by atoms with van der Waals surface area (Å²) in [7, 11) is 0. The van der Waals surface area contributed by atoms with Gasteiger partial charge in [0.05, 0.1) is 0 Å². The lowest BCUT2D eigenvalue weighted by atomic mass is 10.0. The number of alkyl halides is 3. The molecular formula is C11H12ClF3O. The molecule has 1 rings (SSSR count). The van der Waals surface area contributed by atoms with E-state index in [1.54, 1.807) is 12.1 Å². The first kappa shape index (κ1) is 13.2. The Balaban J connectivity index is 2.81. The summed E-state index contributed by atoms with van der Waals surface area (Å²) in [5, 5.41) is 0.378. The van der Waals surface area contributed by atoms with Crippen LogP contribution in [-0.2, 0) is 0 Å². The van der Waals surface area contributed by atoms with Gasteiger partial charge >= 0.3 is 6.18 Å². The molecule has 5 heteroatoms. The van der Waals surface area contributed by atoms with Gasteiger partial charge in [-0.2, -0.15) is 13.2 Å². The van der Waals surface area contributed by atoms with Crippen molar-refractivity contribution in [3.05, 3.63) is 28.8 Å². The smallest absolute Gasteiger partial charge is 0.422 e. The molecule has 0 unspecified atom stereocenters. The first-order valence-corrected chi connectivity index (χ1v) is 5.16. The van der Waals surface area contributed by atoms with Gasteiger partial charge in [0.25, 0.3) is 0 Å². The molecular weight excluding hydrogens is 241 g/mol. The van der Waals surface area contributed by atoms with Crippen LogP contribution in [0.5, 0.6) is 5.75 Å². The molecule has 0 aliphatic carbocycles. The minimum absolute atomic E-state index is 0.147. The molecule has 0 radical (unpaired) electrons. The maximum Gasteiger partial charge on any atom is 0.422 e. The summed E-state index contributed by atoms with van der Waals surface area (Å²) >= 11 is 5.78. The number of halogens is 4. The fourth-order valence-electron chi connectivity index (χ4n) is 1.17. The molecule has 0 heterocycles. The van der Waals surface area contributed by atoms with Crippen LogP contribution in [0.15, 0.2) is 18.2 Å². The minimum atomic E-state index is -4.33. The molecule has 1 nitrogen and oxygen atoms in total. The summed E-state index contributed by atoms with van der Waals surface area (Å²) in [5.41, 5.74) is 0.852. The van der Waals surface area contributed by atoms with E-state index >= 15 is 0 Å². The third kappa shape index (κ3) is 4.31. The molecule has 1 aromatic rings. The highest BCUT2D eigenvalue weighted by Crippen LogP contribution is 2.27. The van der Waals surface area contributed by atoms with Gasteiger partial charge in [-0.15, -0.1) is 0 Å². The van der Waals surface area contributed by atoms with Crippen LogP contribution in [0.2, 0.25) is 5.02 Å². The standard InChI is InChI=1S/C11H12ClF3O/c1-7(2)8-3-9(12)5-10(4-8)16-6-11(13,14)15/h3-5,7H,6H2,1-2H3. The van der Waals surface area contributed by atoms with E-state index in [0.717, 1.165) is 5.56 Å². The van der Waals surface area contributed by atoms with Crippen LogP contribution >= 0.6 is 11.6 Å². The van der Waals surface area contributed by atoms with E-state index < -0.39 is 12.8 Å². The number of rotatable bonds is 3. The average molecular weight is 253 g/mol. The molecule has 0 saturated carbocycles. The van der Waals surface area contributed by atoms with Gasteiger partial charge < -0.3 is 4.74 Å². The van der Waals surface area contributed by atoms with E-state index in [1.165, 1.54) is 6.07 Å². The summed E-state index contributed by atoms with van der Waals surface area (Å²) in [6, 6.07) is 4.66. The lowest BCUT2D eigenvalue weighted by Gasteiger charge is -2.12. The zero-order chi connectivity index (χ0) is 12.3. The van der Waals surface area contributed by atoms with Crippen molar-refractivity contribution in [2.24, 2.45) is 0 Å². The summed E-state index contributed by atoms with van der Waals surface area (Å²) in [6.45, 7) is 2.56. The number of ether oxygens (including phenoxy) is 1. The Kier molecular flexibility index (Phi) is 4.08. The fraction of sp³-hybridized carbons (Fsp3) is 0.455. The molecule has 0 fully saturated rings. The second-order valence-corrected chi connectivity index (χ2v) is 4.22. The summed E-state index contributed by atoms with van der Waals surface area (Å²) in [6.07, 6.45) is -4.33. The highest BCUT2D eigenvalue weighted by Gasteiger charge is 2.28. The van der Waals surface area contributed by atoms with Crippen molar-refractivity contribution in [2.75, 3.05) is 6.61 Å². The SMILES string of the molecule is CC(C)c1cc(Cl)cc(OCC(F)(F)F)c1. The maximum absolute atomic E-state index is 11.9. The van der Waals surface area contributed by atoms with Gasteiger partial charge in [0.1, 0.15) is 5.75 Å². The lowest BCUT2D eigenvalue weighted by molar-refractivity contribution is -0.153. The molecule has 0 aliphatic rings. The van der Waals surface area contributed by atoms with Crippen LogP contribution in [0.3, 0.4) is 0 Å². The Morgan fingerprint density at radius 3 is 2.38 bits per heavy atom. The molecule has 90 valence electrons. The van der Waals surface area contributed by atoms with E-state index in [2.05, 4.69) is 4.74 Å². The van der Waals surface area contributed by atoms with Crippen LogP contribution in [0.25, 0.3) is 0 Å². The van der Waals surface area contributed by atoms with Crippen LogP contribution in [0, 0.1) is 0 Å². The van der Waals surface area contributed by atoms with E-state index in [0.29, 0.717) is 5.02 Å². The average Bonchev–Trinajstić information content (AvgIpc) is 2.13. The minimum Gasteiger partial charge on any atom is -0.484 e. The Morgan fingerprint density at radius 1 is 1.25 bits per heavy atom. The van der Waals surface area contributed by atoms with Crippen LogP contribution in [0.4, 0.5) is 13.2 Å². The van der Waals surface area contributed by atoms with Crippen molar-refractivity contribution in [3.63, 3.8) is 0 Å². The molecule has 0 amide bonds. The Morgan fingerprint density at radius 2 is 1.88 bits per heavy atom.